The zero-order valence-electron chi connectivity index (χ0n) is 10.7. The van der Waals surface area contributed by atoms with Crippen molar-refractivity contribution in [3.63, 3.8) is 0 Å². The molecule has 18 heavy (non-hydrogen) atoms. The number of carboxylic acid groups (broad SMARTS) is 1. The fourth-order valence-corrected chi connectivity index (χ4v) is 3.49. The standard InChI is InChI=1S/C14H21NO3/c16-12(10-8-14(10)6-7-14)15-11-5-3-1-2-4-9(11)13(17)18/h9-11H,1-8H2,(H,15,16)(H,17,18)/t9-,10?,11+/m1/s1. The van der Waals surface area contributed by atoms with Gasteiger partial charge in [0.25, 0.3) is 0 Å². The molecule has 0 heterocycles. The molecule has 2 N–H and O–H groups in total. The molecular weight excluding hydrogens is 230 g/mol. The lowest BCUT2D eigenvalue weighted by molar-refractivity contribution is -0.143. The summed E-state index contributed by atoms with van der Waals surface area (Å²) < 4.78 is 0. The summed E-state index contributed by atoms with van der Waals surface area (Å²) in [5.74, 6) is -0.828. The van der Waals surface area contributed by atoms with E-state index in [0.29, 0.717) is 11.8 Å². The van der Waals surface area contributed by atoms with Gasteiger partial charge in [0.1, 0.15) is 0 Å². The molecule has 0 aliphatic heterocycles. The summed E-state index contributed by atoms with van der Waals surface area (Å²) in [6.07, 6.45) is 8.03. The van der Waals surface area contributed by atoms with Gasteiger partial charge in [-0.1, -0.05) is 19.3 Å². The molecule has 1 amide bonds. The third-order valence-electron chi connectivity index (χ3n) is 5.06. The smallest absolute Gasteiger partial charge is 0.308 e. The van der Waals surface area contributed by atoms with E-state index in [9.17, 15) is 14.7 Å². The van der Waals surface area contributed by atoms with Gasteiger partial charge < -0.3 is 10.4 Å². The van der Waals surface area contributed by atoms with Crippen molar-refractivity contribution in [2.75, 3.05) is 0 Å². The van der Waals surface area contributed by atoms with Gasteiger partial charge >= 0.3 is 5.97 Å². The van der Waals surface area contributed by atoms with E-state index in [2.05, 4.69) is 5.32 Å². The van der Waals surface area contributed by atoms with Crippen LogP contribution in [0.3, 0.4) is 0 Å². The first-order valence-corrected chi connectivity index (χ1v) is 7.16. The number of hydrogen-bond acceptors (Lipinski definition) is 2. The first-order valence-electron chi connectivity index (χ1n) is 7.16. The highest BCUT2D eigenvalue weighted by Crippen LogP contribution is 2.70. The van der Waals surface area contributed by atoms with E-state index < -0.39 is 5.97 Å². The number of nitrogens with one attached hydrogen (secondary N) is 1. The van der Waals surface area contributed by atoms with Gasteiger partial charge in [-0.05, 0) is 37.5 Å². The number of carbonyl (C=O) groups is 2. The molecule has 0 aromatic rings. The topological polar surface area (TPSA) is 66.4 Å². The Kier molecular flexibility index (Phi) is 2.83. The minimum atomic E-state index is -0.751. The lowest BCUT2D eigenvalue weighted by atomic mass is 9.94. The highest BCUT2D eigenvalue weighted by Gasteiger charge is 2.65. The van der Waals surface area contributed by atoms with Crippen molar-refractivity contribution in [2.24, 2.45) is 17.3 Å². The van der Waals surface area contributed by atoms with Gasteiger partial charge in [0.05, 0.1) is 5.92 Å². The predicted octanol–water partition coefficient (Wildman–Crippen LogP) is 1.94. The van der Waals surface area contributed by atoms with Crippen LogP contribution >= 0.6 is 0 Å². The Morgan fingerprint density at radius 3 is 2.44 bits per heavy atom. The number of amides is 1. The highest BCUT2D eigenvalue weighted by atomic mass is 16.4. The van der Waals surface area contributed by atoms with Crippen LogP contribution in [-0.4, -0.2) is 23.0 Å². The van der Waals surface area contributed by atoms with Crippen molar-refractivity contribution < 1.29 is 14.7 Å². The van der Waals surface area contributed by atoms with Crippen molar-refractivity contribution in [3.8, 4) is 0 Å². The Labute approximate surface area is 107 Å². The van der Waals surface area contributed by atoms with Gasteiger partial charge in [-0.15, -0.1) is 0 Å². The maximum absolute atomic E-state index is 12.1. The molecule has 1 spiro atoms. The van der Waals surface area contributed by atoms with Gasteiger partial charge in [0.2, 0.25) is 5.91 Å². The normalized spacial score (nSPS) is 36.8. The molecule has 0 saturated heterocycles. The summed E-state index contributed by atoms with van der Waals surface area (Å²) in [4.78, 5) is 23.4. The fraction of sp³-hybridized carbons (Fsp3) is 0.857. The first kappa shape index (κ1) is 12.0. The SMILES string of the molecule is O=C(N[C@H]1CCCCC[C@H]1C(=O)O)C1CC12CC2. The van der Waals surface area contributed by atoms with Crippen molar-refractivity contribution in [1.29, 1.82) is 0 Å². The monoisotopic (exact) mass is 251 g/mol. The maximum atomic E-state index is 12.1. The summed E-state index contributed by atoms with van der Waals surface area (Å²) in [7, 11) is 0. The van der Waals surface area contributed by atoms with Crippen LogP contribution in [0.4, 0.5) is 0 Å². The van der Waals surface area contributed by atoms with Gasteiger partial charge in [-0.3, -0.25) is 9.59 Å². The van der Waals surface area contributed by atoms with E-state index in [1.54, 1.807) is 0 Å². The molecule has 1 unspecified atom stereocenters. The summed E-state index contributed by atoms with van der Waals surface area (Å²) in [6.45, 7) is 0. The fourth-order valence-electron chi connectivity index (χ4n) is 3.49. The lowest BCUT2D eigenvalue weighted by Crippen LogP contribution is -2.43. The predicted molar refractivity (Wildman–Crippen MR) is 65.9 cm³/mol. The number of hydrogen-bond donors (Lipinski definition) is 2. The van der Waals surface area contributed by atoms with Crippen LogP contribution in [0, 0.1) is 17.3 Å². The van der Waals surface area contributed by atoms with E-state index in [0.717, 1.165) is 32.1 Å². The largest absolute Gasteiger partial charge is 0.481 e. The molecule has 0 bridgehead atoms. The second-order valence-electron chi connectivity index (χ2n) is 6.32. The van der Waals surface area contributed by atoms with Gasteiger partial charge in [-0.25, -0.2) is 0 Å². The molecule has 100 valence electrons. The minimum Gasteiger partial charge on any atom is -0.481 e. The zero-order valence-corrected chi connectivity index (χ0v) is 10.7. The van der Waals surface area contributed by atoms with E-state index in [4.69, 9.17) is 0 Å². The molecule has 3 aliphatic rings. The molecule has 3 saturated carbocycles. The van der Waals surface area contributed by atoms with Crippen LogP contribution in [0.5, 0.6) is 0 Å². The number of rotatable bonds is 3. The quantitative estimate of drug-likeness (QED) is 0.753. The summed E-state index contributed by atoms with van der Waals surface area (Å²) in [5.41, 5.74) is 0.355. The molecule has 3 fully saturated rings. The molecule has 3 rings (SSSR count). The molecule has 3 atom stereocenters. The maximum Gasteiger partial charge on any atom is 0.308 e. The molecule has 4 heteroatoms. The molecule has 0 radical (unpaired) electrons. The van der Waals surface area contributed by atoms with Crippen LogP contribution in [-0.2, 0) is 9.59 Å². The van der Waals surface area contributed by atoms with E-state index >= 15 is 0 Å². The number of carbonyl (C=O) groups excluding carboxylic acids is 1. The van der Waals surface area contributed by atoms with Crippen LogP contribution in [0.25, 0.3) is 0 Å². The molecule has 0 aromatic heterocycles. The summed E-state index contributed by atoms with van der Waals surface area (Å²) in [6, 6.07) is -0.145. The second-order valence-corrected chi connectivity index (χ2v) is 6.32. The average molecular weight is 251 g/mol. The third kappa shape index (κ3) is 2.13. The van der Waals surface area contributed by atoms with Crippen molar-refractivity contribution in [2.45, 2.75) is 57.4 Å². The molecule has 4 nitrogen and oxygen atoms in total. The Balaban J connectivity index is 1.61. The molecule has 3 aliphatic carbocycles. The highest BCUT2D eigenvalue weighted by molar-refractivity contribution is 5.84. The van der Waals surface area contributed by atoms with Gasteiger partial charge in [0, 0.05) is 12.0 Å². The van der Waals surface area contributed by atoms with Crippen LogP contribution in [0.2, 0.25) is 0 Å². The van der Waals surface area contributed by atoms with Crippen LogP contribution in [0.15, 0.2) is 0 Å². The number of aliphatic carboxylic acids is 1. The average Bonchev–Trinajstić information content (AvgIpc) is 3.22. The lowest BCUT2D eigenvalue weighted by Gasteiger charge is -2.23. The van der Waals surface area contributed by atoms with Crippen molar-refractivity contribution in [1.82, 2.24) is 5.32 Å². The van der Waals surface area contributed by atoms with Crippen molar-refractivity contribution in [3.05, 3.63) is 0 Å². The van der Waals surface area contributed by atoms with E-state index in [1.807, 2.05) is 0 Å². The number of carboxylic acids is 1. The summed E-state index contributed by atoms with van der Waals surface area (Å²) >= 11 is 0. The third-order valence-corrected chi connectivity index (χ3v) is 5.06. The Bertz CT molecular complexity index is 375. The van der Waals surface area contributed by atoms with Crippen LogP contribution in [0.1, 0.15) is 51.4 Å². The molecule has 0 aromatic carbocycles. The zero-order chi connectivity index (χ0) is 12.8. The first-order chi connectivity index (χ1) is 8.62. The van der Waals surface area contributed by atoms with Crippen LogP contribution < -0.4 is 5.32 Å². The second kappa shape index (κ2) is 4.25. The summed E-state index contributed by atoms with van der Waals surface area (Å²) in [5, 5.41) is 12.3. The Morgan fingerprint density at radius 2 is 1.83 bits per heavy atom. The van der Waals surface area contributed by atoms with E-state index in [-0.39, 0.29) is 23.8 Å². The molecular formula is C14H21NO3. The van der Waals surface area contributed by atoms with Gasteiger partial charge in [-0.2, -0.15) is 0 Å². The minimum absolute atomic E-state index is 0.116. The van der Waals surface area contributed by atoms with E-state index in [1.165, 1.54) is 12.8 Å². The Hall–Kier alpha value is -1.06. The van der Waals surface area contributed by atoms with Crippen molar-refractivity contribution >= 4 is 11.9 Å². The Morgan fingerprint density at radius 1 is 1.11 bits per heavy atom. The van der Waals surface area contributed by atoms with Gasteiger partial charge in [0.15, 0.2) is 0 Å².